The molecule has 1 amide bonds. The number of aromatic amines is 1. The van der Waals surface area contributed by atoms with Crippen molar-refractivity contribution in [1.29, 1.82) is 0 Å². The van der Waals surface area contributed by atoms with Crippen molar-refractivity contribution in [3.8, 4) is 11.8 Å². The number of anilines is 1. The molecule has 0 radical (unpaired) electrons. The first-order valence-electron chi connectivity index (χ1n) is 9.70. The number of nitrogens with zero attached hydrogens (tertiary/aromatic N) is 3. The Balaban J connectivity index is 1.38. The van der Waals surface area contributed by atoms with E-state index in [1.165, 1.54) is 22.5 Å². The van der Waals surface area contributed by atoms with Crippen LogP contribution in [0.25, 0.3) is 21.1 Å². The average Bonchev–Trinajstić information content (AvgIpc) is 3.50. The first-order chi connectivity index (χ1) is 14.7. The highest BCUT2D eigenvalue weighted by Crippen LogP contribution is 2.24. The fourth-order valence-electron chi connectivity index (χ4n) is 3.71. The minimum absolute atomic E-state index is 0.0352. The van der Waals surface area contributed by atoms with Crippen LogP contribution in [0.4, 0.5) is 5.82 Å². The SMILES string of the molecule is C=CC(=O)N1CCC(Nc2ncnc3[nH]c(C#Cc4ccc5sccc5c4)cc23)C1. The van der Waals surface area contributed by atoms with Crippen LogP contribution in [-0.4, -0.2) is 44.9 Å². The van der Waals surface area contributed by atoms with Gasteiger partial charge in [0.25, 0.3) is 0 Å². The minimum atomic E-state index is -0.0352. The molecule has 1 unspecified atom stereocenters. The summed E-state index contributed by atoms with van der Waals surface area (Å²) in [6.45, 7) is 4.92. The van der Waals surface area contributed by atoms with Gasteiger partial charge in [-0.2, -0.15) is 0 Å². The Morgan fingerprint density at radius 1 is 1.30 bits per heavy atom. The third kappa shape index (κ3) is 3.53. The molecule has 4 heterocycles. The summed E-state index contributed by atoms with van der Waals surface area (Å²) in [5.74, 6) is 7.13. The maximum Gasteiger partial charge on any atom is 0.246 e. The first-order valence-corrected chi connectivity index (χ1v) is 10.6. The third-order valence-corrected chi connectivity index (χ3v) is 6.13. The van der Waals surface area contributed by atoms with E-state index in [0.29, 0.717) is 6.54 Å². The number of carbonyl (C=O) groups is 1. The van der Waals surface area contributed by atoms with Crippen molar-refractivity contribution in [2.45, 2.75) is 12.5 Å². The number of benzene rings is 1. The summed E-state index contributed by atoms with van der Waals surface area (Å²) in [6.07, 6.45) is 3.76. The lowest BCUT2D eigenvalue weighted by Crippen LogP contribution is -2.30. The van der Waals surface area contributed by atoms with Gasteiger partial charge in [-0.1, -0.05) is 12.5 Å². The summed E-state index contributed by atoms with van der Waals surface area (Å²) >= 11 is 1.73. The van der Waals surface area contributed by atoms with Crippen molar-refractivity contribution in [2.75, 3.05) is 18.4 Å². The van der Waals surface area contributed by atoms with E-state index in [1.807, 2.05) is 12.1 Å². The van der Waals surface area contributed by atoms with E-state index in [1.54, 1.807) is 16.2 Å². The van der Waals surface area contributed by atoms with Gasteiger partial charge in [-0.3, -0.25) is 4.79 Å². The zero-order valence-electron chi connectivity index (χ0n) is 16.2. The number of hydrogen-bond donors (Lipinski definition) is 2. The van der Waals surface area contributed by atoms with Gasteiger partial charge in [0.05, 0.1) is 11.1 Å². The maximum absolute atomic E-state index is 11.8. The summed E-state index contributed by atoms with van der Waals surface area (Å²) in [4.78, 5) is 25.6. The van der Waals surface area contributed by atoms with E-state index in [0.717, 1.165) is 41.1 Å². The Labute approximate surface area is 177 Å². The van der Waals surface area contributed by atoms with Gasteiger partial charge in [-0.25, -0.2) is 9.97 Å². The largest absolute Gasteiger partial charge is 0.365 e. The van der Waals surface area contributed by atoms with Gasteiger partial charge in [-0.15, -0.1) is 11.3 Å². The number of aromatic nitrogens is 3. The minimum Gasteiger partial charge on any atom is -0.365 e. The van der Waals surface area contributed by atoms with Crippen molar-refractivity contribution >= 4 is 44.2 Å². The van der Waals surface area contributed by atoms with Gasteiger partial charge in [-0.05, 0) is 59.5 Å². The predicted molar refractivity (Wildman–Crippen MR) is 120 cm³/mol. The van der Waals surface area contributed by atoms with E-state index in [2.05, 4.69) is 62.3 Å². The number of H-pyrrole nitrogens is 1. The molecule has 1 aromatic carbocycles. The number of hydrogen-bond acceptors (Lipinski definition) is 5. The smallest absolute Gasteiger partial charge is 0.246 e. The lowest BCUT2D eigenvalue weighted by molar-refractivity contribution is -0.125. The maximum atomic E-state index is 11.8. The molecule has 30 heavy (non-hydrogen) atoms. The van der Waals surface area contributed by atoms with Crippen LogP contribution >= 0.6 is 11.3 Å². The van der Waals surface area contributed by atoms with E-state index in [9.17, 15) is 4.79 Å². The zero-order chi connectivity index (χ0) is 20.5. The lowest BCUT2D eigenvalue weighted by atomic mass is 10.2. The van der Waals surface area contributed by atoms with E-state index in [4.69, 9.17) is 0 Å². The second-order valence-corrected chi connectivity index (χ2v) is 8.16. The van der Waals surface area contributed by atoms with Crippen LogP contribution in [0.15, 0.2) is 54.7 Å². The molecule has 1 fully saturated rings. The molecule has 0 spiro atoms. The van der Waals surface area contributed by atoms with Crippen molar-refractivity contribution in [3.05, 3.63) is 66.0 Å². The summed E-state index contributed by atoms with van der Waals surface area (Å²) < 4.78 is 1.26. The van der Waals surface area contributed by atoms with Crippen molar-refractivity contribution in [1.82, 2.24) is 19.9 Å². The van der Waals surface area contributed by atoms with Gasteiger partial charge < -0.3 is 15.2 Å². The summed E-state index contributed by atoms with van der Waals surface area (Å²) in [6, 6.07) is 10.5. The number of rotatable bonds is 3. The Kier molecular flexibility index (Phi) is 4.69. The monoisotopic (exact) mass is 413 g/mol. The van der Waals surface area contributed by atoms with Crippen LogP contribution in [0, 0.1) is 11.8 Å². The molecule has 2 N–H and O–H groups in total. The second kappa shape index (κ2) is 7.65. The molecule has 0 saturated carbocycles. The first kappa shape index (κ1) is 18.4. The number of nitrogens with one attached hydrogen (secondary N) is 2. The molecular weight excluding hydrogens is 394 g/mol. The quantitative estimate of drug-likeness (QED) is 0.396. The topological polar surface area (TPSA) is 73.9 Å². The number of fused-ring (bicyclic) bond motifs is 2. The van der Waals surface area contributed by atoms with Gasteiger partial charge in [0.2, 0.25) is 5.91 Å². The molecule has 7 heteroatoms. The Hall–Kier alpha value is -3.63. The Morgan fingerprint density at radius 2 is 2.23 bits per heavy atom. The molecule has 1 aliphatic heterocycles. The van der Waals surface area contributed by atoms with Gasteiger partial charge in [0.15, 0.2) is 0 Å². The van der Waals surface area contributed by atoms with E-state index in [-0.39, 0.29) is 11.9 Å². The normalized spacial score (nSPS) is 15.9. The van der Waals surface area contributed by atoms with Gasteiger partial charge >= 0.3 is 0 Å². The Bertz CT molecular complexity index is 1330. The number of likely N-dealkylation sites (tertiary alicyclic amines) is 1. The molecule has 1 aliphatic rings. The lowest BCUT2D eigenvalue weighted by Gasteiger charge is -2.15. The van der Waals surface area contributed by atoms with E-state index < -0.39 is 0 Å². The van der Waals surface area contributed by atoms with Gasteiger partial charge in [0, 0.05) is 29.4 Å². The molecule has 5 rings (SSSR count). The number of carbonyl (C=O) groups excluding carboxylic acids is 1. The molecule has 0 aliphatic carbocycles. The fraction of sp³-hybridized carbons (Fsp3) is 0.174. The number of amides is 1. The average molecular weight is 414 g/mol. The molecule has 1 atom stereocenters. The highest BCUT2D eigenvalue weighted by Gasteiger charge is 2.25. The standard InChI is InChI=1S/C23H19N5OS/c1-2-21(29)28-9-7-18(13-28)27-23-19-12-17(26-22(19)24-14-25-23)5-3-15-4-6-20-16(11-15)8-10-30-20/h2,4,6,8,10-12,14,18H,1,7,9,13H2,(H2,24,25,26,27). The van der Waals surface area contributed by atoms with Crippen molar-refractivity contribution in [3.63, 3.8) is 0 Å². The second-order valence-electron chi connectivity index (χ2n) is 7.21. The molecule has 0 bridgehead atoms. The Morgan fingerprint density at radius 3 is 3.13 bits per heavy atom. The zero-order valence-corrected chi connectivity index (χ0v) is 17.0. The third-order valence-electron chi connectivity index (χ3n) is 5.23. The van der Waals surface area contributed by atoms with Crippen LogP contribution in [0.5, 0.6) is 0 Å². The van der Waals surface area contributed by atoms with E-state index >= 15 is 0 Å². The fourth-order valence-corrected chi connectivity index (χ4v) is 4.48. The van der Waals surface area contributed by atoms with Crippen molar-refractivity contribution < 1.29 is 4.79 Å². The predicted octanol–water partition coefficient (Wildman–Crippen LogP) is 3.77. The molecule has 3 aromatic heterocycles. The molecule has 1 saturated heterocycles. The highest BCUT2D eigenvalue weighted by atomic mass is 32.1. The molecular formula is C23H19N5OS. The van der Waals surface area contributed by atoms with Gasteiger partial charge in [0.1, 0.15) is 17.8 Å². The molecule has 6 nitrogen and oxygen atoms in total. The molecule has 4 aromatic rings. The number of thiophene rings is 1. The highest BCUT2D eigenvalue weighted by molar-refractivity contribution is 7.17. The van der Waals surface area contributed by atoms with Crippen LogP contribution in [0.2, 0.25) is 0 Å². The van der Waals surface area contributed by atoms with Crippen molar-refractivity contribution in [2.24, 2.45) is 0 Å². The van der Waals surface area contributed by atoms with Crippen LogP contribution < -0.4 is 5.32 Å². The van der Waals surface area contributed by atoms with Crippen LogP contribution in [0.3, 0.4) is 0 Å². The molecule has 148 valence electrons. The van der Waals surface area contributed by atoms with Crippen LogP contribution in [-0.2, 0) is 4.79 Å². The van der Waals surface area contributed by atoms with Crippen LogP contribution in [0.1, 0.15) is 17.7 Å². The summed E-state index contributed by atoms with van der Waals surface area (Å²) in [5.41, 5.74) is 2.50. The summed E-state index contributed by atoms with van der Waals surface area (Å²) in [7, 11) is 0. The summed E-state index contributed by atoms with van der Waals surface area (Å²) in [5, 5.41) is 7.64.